The van der Waals surface area contributed by atoms with E-state index in [1.807, 2.05) is 30.3 Å². The minimum atomic E-state index is -1.13. The third kappa shape index (κ3) is 6.72. The van der Waals surface area contributed by atoms with Gasteiger partial charge in [-0.3, -0.25) is 0 Å². The van der Waals surface area contributed by atoms with Gasteiger partial charge < -0.3 is 14.8 Å². The number of esters is 1. The molecule has 0 aromatic heterocycles. The number of carbonyl (C=O) groups is 2. The van der Waals surface area contributed by atoms with Crippen LogP contribution in [0.25, 0.3) is 0 Å². The van der Waals surface area contributed by atoms with Crippen LogP contribution in [0, 0.1) is 0 Å². The van der Waals surface area contributed by atoms with Crippen molar-refractivity contribution in [2.75, 3.05) is 6.61 Å². The Morgan fingerprint density at radius 3 is 2.22 bits per heavy atom. The number of ether oxygens (including phenoxy) is 2. The van der Waals surface area contributed by atoms with Crippen LogP contribution in [0.1, 0.15) is 46.6 Å². The number of hydrogen-bond acceptors (Lipinski definition) is 4. The molecule has 0 spiro atoms. The lowest BCUT2D eigenvalue weighted by Crippen LogP contribution is -2.54. The van der Waals surface area contributed by atoms with Gasteiger partial charge in [-0.2, -0.15) is 0 Å². The smallest absolute Gasteiger partial charge is 0.408 e. The summed E-state index contributed by atoms with van der Waals surface area (Å²) in [6, 6.07) is 9.79. The molecule has 0 fully saturated rings. The summed E-state index contributed by atoms with van der Waals surface area (Å²) in [5, 5.41) is 2.67. The van der Waals surface area contributed by atoms with Gasteiger partial charge in [0.15, 0.2) is 0 Å². The fourth-order valence-electron chi connectivity index (χ4n) is 2.07. The Morgan fingerprint density at radius 1 is 1.09 bits per heavy atom. The molecule has 1 rings (SSSR count). The molecule has 1 aromatic carbocycles. The maximum absolute atomic E-state index is 12.3. The summed E-state index contributed by atoms with van der Waals surface area (Å²) >= 11 is 0. The molecule has 0 aliphatic carbocycles. The van der Waals surface area contributed by atoms with Gasteiger partial charge in [-0.15, -0.1) is 0 Å². The topological polar surface area (TPSA) is 64.6 Å². The molecule has 1 atom stereocenters. The highest BCUT2D eigenvalue weighted by atomic mass is 16.6. The zero-order valence-electron chi connectivity index (χ0n) is 14.6. The van der Waals surface area contributed by atoms with Gasteiger partial charge in [0.05, 0.1) is 6.61 Å². The summed E-state index contributed by atoms with van der Waals surface area (Å²) in [7, 11) is 0. The lowest BCUT2D eigenvalue weighted by atomic mass is 9.93. The monoisotopic (exact) mass is 321 g/mol. The molecule has 0 bridgehead atoms. The highest BCUT2D eigenvalue weighted by Gasteiger charge is 2.37. The van der Waals surface area contributed by atoms with E-state index in [2.05, 4.69) is 5.32 Å². The number of hydrogen-bond donors (Lipinski definition) is 1. The summed E-state index contributed by atoms with van der Waals surface area (Å²) in [4.78, 5) is 24.3. The van der Waals surface area contributed by atoms with Gasteiger partial charge >= 0.3 is 12.1 Å². The molecule has 1 amide bonds. The standard InChI is InChI=1S/C18H27NO4/c1-6-22-15(20)18(5,19-16(21)23-17(2,3)4)13-12-14-10-8-7-9-11-14/h7-11H,6,12-13H2,1-5H3,(H,19,21). The third-order valence-electron chi connectivity index (χ3n) is 3.26. The molecule has 0 aliphatic rings. The van der Waals surface area contributed by atoms with Crippen molar-refractivity contribution in [3.05, 3.63) is 35.9 Å². The molecule has 23 heavy (non-hydrogen) atoms. The quantitative estimate of drug-likeness (QED) is 0.815. The summed E-state index contributed by atoms with van der Waals surface area (Å²) < 4.78 is 10.4. The number of nitrogens with one attached hydrogen (secondary N) is 1. The highest BCUT2D eigenvalue weighted by Crippen LogP contribution is 2.18. The highest BCUT2D eigenvalue weighted by molar-refractivity contribution is 5.85. The van der Waals surface area contributed by atoms with Crippen molar-refractivity contribution in [2.24, 2.45) is 0 Å². The Morgan fingerprint density at radius 2 is 1.70 bits per heavy atom. The lowest BCUT2D eigenvalue weighted by molar-refractivity contribution is -0.150. The van der Waals surface area contributed by atoms with E-state index in [1.165, 1.54) is 0 Å². The number of rotatable bonds is 6. The molecule has 1 N–H and O–H groups in total. The van der Waals surface area contributed by atoms with Gasteiger partial charge in [0, 0.05) is 0 Å². The predicted molar refractivity (Wildman–Crippen MR) is 89.2 cm³/mol. The van der Waals surface area contributed by atoms with Crippen LogP contribution < -0.4 is 5.32 Å². The van der Waals surface area contributed by atoms with Crippen LogP contribution in [0.2, 0.25) is 0 Å². The molecular weight excluding hydrogens is 294 g/mol. The summed E-state index contributed by atoms with van der Waals surface area (Å²) in [5.41, 5.74) is -0.665. The fraction of sp³-hybridized carbons (Fsp3) is 0.556. The summed E-state index contributed by atoms with van der Waals surface area (Å²) in [6.07, 6.45) is 0.447. The van der Waals surface area contributed by atoms with Crippen molar-refractivity contribution in [2.45, 2.75) is 58.6 Å². The van der Waals surface area contributed by atoms with Gasteiger partial charge in [-0.25, -0.2) is 9.59 Å². The van der Waals surface area contributed by atoms with Crippen molar-refractivity contribution >= 4 is 12.1 Å². The molecule has 0 saturated heterocycles. The second kappa shape index (κ2) is 7.99. The van der Waals surface area contributed by atoms with E-state index < -0.39 is 23.2 Å². The molecule has 5 heteroatoms. The fourth-order valence-corrected chi connectivity index (χ4v) is 2.07. The molecule has 5 nitrogen and oxygen atoms in total. The van der Waals surface area contributed by atoms with Gasteiger partial charge in [0.2, 0.25) is 0 Å². The Hall–Kier alpha value is -2.04. The first-order valence-electron chi connectivity index (χ1n) is 7.88. The van der Waals surface area contributed by atoms with Gasteiger partial charge in [-0.05, 0) is 53.0 Å². The van der Waals surface area contributed by atoms with E-state index >= 15 is 0 Å². The minimum absolute atomic E-state index is 0.260. The first-order valence-corrected chi connectivity index (χ1v) is 7.88. The molecule has 128 valence electrons. The molecule has 1 aromatic rings. The van der Waals surface area contributed by atoms with Gasteiger partial charge in [0.1, 0.15) is 11.1 Å². The van der Waals surface area contributed by atoms with Crippen LogP contribution in [-0.4, -0.2) is 29.8 Å². The molecule has 0 radical (unpaired) electrons. The van der Waals surface area contributed by atoms with Crippen molar-refractivity contribution < 1.29 is 19.1 Å². The lowest BCUT2D eigenvalue weighted by Gasteiger charge is -2.30. The molecular formula is C18H27NO4. The largest absolute Gasteiger partial charge is 0.464 e. The van der Waals surface area contributed by atoms with Crippen molar-refractivity contribution in [3.8, 4) is 0 Å². The number of aryl methyl sites for hydroxylation is 1. The van der Waals surface area contributed by atoms with E-state index in [0.29, 0.717) is 12.8 Å². The Balaban J connectivity index is 2.81. The minimum Gasteiger partial charge on any atom is -0.464 e. The normalized spacial score (nSPS) is 13.8. The van der Waals surface area contributed by atoms with Crippen LogP contribution in [-0.2, 0) is 20.7 Å². The van der Waals surface area contributed by atoms with Gasteiger partial charge in [-0.1, -0.05) is 30.3 Å². The first kappa shape index (κ1) is 19.0. The van der Waals surface area contributed by atoms with Crippen LogP contribution in [0.5, 0.6) is 0 Å². The number of benzene rings is 1. The van der Waals surface area contributed by atoms with Crippen LogP contribution in [0.4, 0.5) is 4.79 Å². The first-order chi connectivity index (χ1) is 10.7. The number of alkyl carbamates (subject to hydrolysis) is 1. The van der Waals surface area contributed by atoms with Crippen molar-refractivity contribution in [1.82, 2.24) is 5.32 Å². The number of carbonyl (C=O) groups excluding carboxylic acids is 2. The SMILES string of the molecule is CCOC(=O)C(C)(CCc1ccccc1)NC(=O)OC(C)(C)C. The van der Waals surface area contributed by atoms with E-state index in [0.717, 1.165) is 5.56 Å². The maximum atomic E-state index is 12.3. The Labute approximate surface area is 138 Å². The average molecular weight is 321 g/mol. The van der Waals surface area contributed by atoms with Crippen molar-refractivity contribution in [1.29, 1.82) is 0 Å². The van der Waals surface area contributed by atoms with E-state index in [4.69, 9.17) is 9.47 Å². The number of amides is 1. The Kier molecular flexibility index (Phi) is 6.61. The van der Waals surface area contributed by atoms with Crippen LogP contribution >= 0.6 is 0 Å². The van der Waals surface area contributed by atoms with Crippen molar-refractivity contribution in [3.63, 3.8) is 0 Å². The predicted octanol–water partition coefficient (Wildman–Crippen LogP) is 3.47. The maximum Gasteiger partial charge on any atom is 0.408 e. The second-order valence-corrected chi connectivity index (χ2v) is 6.67. The summed E-state index contributed by atoms with van der Waals surface area (Å²) in [6.45, 7) is 8.99. The van der Waals surface area contributed by atoms with Crippen LogP contribution in [0.15, 0.2) is 30.3 Å². The average Bonchev–Trinajstić information content (AvgIpc) is 2.44. The van der Waals surface area contributed by atoms with E-state index in [9.17, 15) is 9.59 Å². The van der Waals surface area contributed by atoms with E-state index in [1.54, 1.807) is 34.6 Å². The Bertz CT molecular complexity index is 522. The molecule has 0 saturated carbocycles. The molecule has 0 aliphatic heterocycles. The second-order valence-electron chi connectivity index (χ2n) is 6.67. The third-order valence-corrected chi connectivity index (χ3v) is 3.26. The van der Waals surface area contributed by atoms with Crippen LogP contribution in [0.3, 0.4) is 0 Å². The van der Waals surface area contributed by atoms with Gasteiger partial charge in [0.25, 0.3) is 0 Å². The summed E-state index contributed by atoms with van der Waals surface area (Å²) in [5.74, 6) is -0.457. The van der Waals surface area contributed by atoms with E-state index in [-0.39, 0.29) is 6.61 Å². The molecule has 1 unspecified atom stereocenters. The zero-order chi connectivity index (χ0) is 17.5. The molecule has 0 heterocycles. The zero-order valence-corrected chi connectivity index (χ0v) is 14.6.